The molecule has 0 bridgehead atoms. The molecule has 1 heterocycles. The maximum absolute atomic E-state index is 13.2. The van der Waals surface area contributed by atoms with E-state index in [1.165, 1.54) is 0 Å². The summed E-state index contributed by atoms with van der Waals surface area (Å²) in [5.74, 6) is -0.199. The van der Waals surface area contributed by atoms with Gasteiger partial charge in [0.1, 0.15) is 0 Å². The third-order valence-electron chi connectivity index (χ3n) is 4.95. The Balaban J connectivity index is 1.99. The van der Waals surface area contributed by atoms with E-state index in [9.17, 15) is 4.79 Å². The second-order valence-corrected chi connectivity index (χ2v) is 7.66. The molecule has 0 aliphatic carbocycles. The molecule has 3 rings (SSSR count). The Labute approximate surface area is 165 Å². The largest absolute Gasteiger partial charge is 0.369 e. The molecule has 0 saturated carbocycles. The van der Waals surface area contributed by atoms with Gasteiger partial charge in [0.2, 0.25) is 5.96 Å². The third-order valence-corrected chi connectivity index (χ3v) is 4.95. The van der Waals surface area contributed by atoms with Crippen LogP contribution in [0.5, 0.6) is 0 Å². The maximum Gasteiger partial charge on any atom is 0.258 e. The van der Waals surface area contributed by atoms with Crippen LogP contribution in [0.1, 0.15) is 43.1 Å². The lowest BCUT2D eigenvalue weighted by molar-refractivity contribution is 0.0977. The van der Waals surface area contributed by atoms with Gasteiger partial charge in [-0.1, -0.05) is 63.6 Å². The first-order valence-electron chi connectivity index (χ1n) is 9.47. The van der Waals surface area contributed by atoms with Crippen LogP contribution in [0.25, 0.3) is 10.9 Å². The average molecular weight is 374 g/mol. The monoisotopic (exact) mass is 374 g/mol. The van der Waals surface area contributed by atoms with Crippen molar-refractivity contribution in [1.29, 1.82) is 0 Å². The number of guanidine groups is 1. The molecule has 5 nitrogen and oxygen atoms in total. The van der Waals surface area contributed by atoms with E-state index in [0.29, 0.717) is 11.3 Å². The van der Waals surface area contributed by atoms with Crippen molar-refractivity contribution in [2.24, 2.45) is 16.1 Å². The summed E-state index contributed by atoms with van der Waals surface area (Å²) < 4.78 is 0. The number of para-hydroxylation sites is 2. The zero-order chi connectivity index (χ0) is 20.1. The molecule has 0 spiro atoms. The number of rotatable bonds is 5. The highest BCUT2D eigenvalue weighted by Crippen LogP contribution is 2.29. The number of fused-ring (bicyclic) bond motifs is 1. The van der Waals surface area contributed by atoms with Crippen LogP contribution in [0.3, 0.4) is 0 Å². The van der Waals surface area contributed by atoms with Gasteiger partial charge in [0.15, 0.2) is 0 Å². The molecule has 0 atom stereocenters. The molecule has 0 radical (unpaired) electrons. The Bertz CT molecular complexity index is 1010. The van der Waals surface area contributed by atoms with Gasteiger partial charge < -0.3 is 5.73 Å². The van der Waals surface area contributed by atoms with E-state index in [0.717, 1.165) is 29.3 Å². The normalized spacial score (nSPS) is 12.2. The second kappa shape index (κ2) is 8.21. The molecule has 0 aliphatic heterocycles. The lowest BCUT2D eigenvalue weighted by atomic mass is 9.82. The molecule has 0 saturated heterocycles. The number of hydrogen-bond donors (Lipinski definition) is 2. The fourth-order valence-electron chi connectivity index (χ4n) is 3.07. The number of nitrogens with two attached hydrogens (primary N) is 1. The van der Waals surface area contributed by atoms with E-state index < -0.39 is 0 Å². The van der Waals surface area contributed by atoms with E-state index in [2.05, 4.69) is 36.1 Å². The number of nitrogens with one attached hydrogen (secondary N) is 1. The number of aromatic nitrogens is 1. The Morgan fingerprint density at radius 3 is 2.50 bits per heavy atom. The summed E-state index contributed by atoms with van der Waals surface area (Å²) in [6, 6.07) is 17.0. The quantitative estimate of drug-likeness (QED) is 0.506. The van der Waals surface area contributed by atoms with Gasteiger partial charge in [-0.25, -0.2) is 4.99 Å². The Kier molecular flexibility index (Phi) is 5.73. The number of carbonyl (C=O) groups is 1. The van der Waals surface area contributed by atoms with E-state index in [4.69, 9.17) is 5.73 Å². The predicted molar refractivity (Wildman–Crippen MR) is 115 cm³/mol. The van der Waals surface area contributed by atoms with Crippen LogP contribution in [0.4, 0.5) is 5.69 Å². The molecule has 3 aromatic rings. The van der Waals surface area contributed by atoms with E-state index in [1.807, 2.05) is 54.6 Å². The molecule has 0 unspecified atom stereocenters. The number of nitrogens with zero attached hydrogens (tertiary/aromatic N) is 2. The van der Waals surface area contributed by atoms with Crippen LogP contribution in [0, 0.1) is 5.41 Å². The molecule has 0 aliphatic rings. The number of hydrogen-bond acceptors (Lipinski definition) is 3. The number of carbonyl (C=O) groups excluding carboxylic acids is 1. The lowest BCUT2D eigenvalue weighted by Crippen LogP contribution is -2.37. The van der Waals surface area contributed by atoms with Crippen molar-refractivity contribution < 1.29 is 4.79 Å². The fourth-order valence-corrected chi connectivity index (χ4v) is 3.07. The lowest BCUT2D eigenvalue weighted by Gasteiger charge is -2.24. The predicted octanol–water partition coefficient (Wildman–Crippen LogP) is 4.59. The molecule has 1 amide bonds. The number of amides is 1. The smallest absolute Gasteiger partial charge is 0.258 e. The van der Waals surface area contributed by atoms with Gasteiger partial charge in [-0.15, -0.1) is 0 Å². The molecule has 0 fully saturated rings. The first kappa shape index (κ1) is 19.5. The van der Waals surface area contributed by atoms with E-state index in [1.54, 1.807) is 6.20 Å². The fraction of sp³-hybridized carbons (Fsp3) is 0.261. The van der Waals surface area contributed by atoms with Crippen molar-refractivity contribution in [3.63, 3.8) is 0 Å². The first-order chi connectivity index (χ1) is 13.4. The summed E-state index contributed by atoms with van der Waals surface area (Å²) >= 11 is 0. The van der Waals surface area contributed by atoms with Gasteiger partial charge >= 0.3 is 0 Å². The highest BCUT2D eigenvalue weighted by atomic mass is 16.1. The molecular weight excluding hydrogens is 348 g/mol. The van der Waals surface area contributed by atoms with Gasteiger partial charge in [0.25, 0.3) is 5.91 Å². The van der Waals surface area contributed by atoms with Gasteiger partial charge in [0, 0.05) is 11.6 Å². The minimum absolute atomic E-state index is 0.0584. The topological polar surface area (TPSA) is 80.4 Å². The van der Waals surface area contributed by atoms with E-state index in [-0.39, 0.29) is 17.3 Å². The zero-order valence-corrected chi connectivity index (χ0v) is 16.6. The first-order valence-corrected chi connectivity index (χ1v) is 9.47. The minimum atomic E-state index is -0.266. The van der Waals surface area contributed by atoms with Crippen LogP contribution >= 0.6 is 0 Å². The van der Waals surface area contributed by atoms with Crippen molar-refractivity contribution in [2.75, 3.05) is 0 Å². The summed E-state index contributed by atoms with van der Waals surface area (Å²) in [5, 5.41) is 3.56. The van der Waals surface area contributed by atoms with Crippen LogP contribution in [0.15, 0.2) is 65.8 Å². The standard InChI is InChI=1S/C23H26N4O/c1-4-23(2,3)14-16-15-25-19-13-9-8-12-18(19)20(16)21(28)27-22(24)26-17-10-6-5-7-11-17/h5-13,15H,4,14H2,1-3H3,(H3,24,26,27,28). The Hall–Kier alpha value is -3.21. The second-order valence-electron chi connectivity index (χ2n) is 7.66. The van der Waals surface area contributed by atoms with Crippen LogP contribution in [-0.2, 0) is 6.42 Å². The summed E-state index contributed by atoms with van der Waals surface area (Å²) in [6.45, 7) is 6.53. The summed E-state index contributed by atoms with van der Waals surface area (Å²) in [5.41, 5.74) is 9.04. The van der Waals surface area contributed by atoms with Gasteiger partial charge in [0.05, 0.1) is 16.8 Å². The molecule has 28 heavy (non-hydrogen) atoms. The van der Waals surface area contributed by atoms with Gasteiger partial charge in [-0.3, -0.25) is 15.1 Å². The average Bonchev–Trinajstić information content (AvgIpc) is 2.68. The summed E-state index contributed by atoms with van der Waals surface area (Å²) in [4.78, 5) is 22.0. The van der Waals surface area contributed by atoms with Crippen LogP contribution < -0.4 is 11.1 Å². The Morgan fingerprint density at radius 2 is 1.79 bits per heavy atom. The summed E-state index contributed by atoms with van der Waals surface area (Å²) in [7, 11) is 0. The minimum Gasteiger partial charge on any atom is -0.369 e. The van der Waals surface area contributed by atoms with Crippen molar-refractivity contribution in [3.8, 4) is 0 Å². The number of aliphatic imine (C=N–C) groups is 1. The maximum atomic E-state index is 13.2. The Morgan fingerprint density at radius 1 is 1.11 bits per heavy atom. The number of benzene rings is 2. The highest BCUT2D eigenvalue weighted by Gasteiger charge is 2.23. The van der Waals surface area contributed by atoms with Gasteiger partial charge in [-0.05, 0) is 35.6 Å². The molecule has 144 valence electrons. The van der Waals surface area contributed by atoms with E-state index >= 15 is 0 Å². The zero-order valence-electron chi connectivity index (χ0n) is 16.6. The van der Waals surface area contributed by atoms with Gasteiger partial charge in [-0.2, -0.15) is 0 Å². The molecule has 5 heteroatoms. The molecule has 1 aromatic heterocycles. The molecule has 3 N–H and O–H groups in total. The van der Waals surface area contributed by atoms with Crippen molar-refractivity contribution in [3.05, 3.63) is 71.9 Å². The molecular formula is C23H26N4O. The van der Waals surface area contributed by atoms with Crippen molar-refractivity contribution in [1.82, 2.24) is 10.3 Å². The van der Waals surface area contributed by atoms with Crippen molar-refractivity contribution >= 4 is 28.5 Å². The summed E-state index contributed by atoms with van der Waals surface area (Å²) in [6.07, 6.45) is 3.55. The van der Waals surface area contributed by atoms with Crippen molar-refractivity contribution in [2.45, 2.75) is 33.6 Å². The van der Waals surface area contributed by atoms with Crippen LogP contribution in [0.2, 0.25) is 0 Å². The SMILES string of the molecule is CCC(C)(C)Cc1cnc2ccccc2c1C(=O)NC(N)=Nc1ccccc1. The number of pyridine rings is 1. The van der Waals surface area contributed by atoms with Crippen LogP contribution in [-0.4, -0.2) is 16.9 Å². The molecule has 2 aromatic carbocycles. The highest BCUT2D eigenvalue weighted by molar-refractivity contribution is 6.13. The third kappa shape index (κ3) is 4.55.